The van der Waals surface area contributed by atoms with Crippen LogP contribution in [-0.4, -0.2) is 53.0 Å². The maximum atomic E-state index is 11.4. The number of ether oxygens (including phenoxy) is 1. The number of carbonyl (C=O) groups excluding carboxylic acids is 2. The van der Waals surface area contributed by atoms with E-state index in [2.05, 4.69) is 44.3 Å². The molecule has 2 aromatic heterocycles. The quantitative estimate of drug-likeness (QED) is 0.289. The summed E-state index contributed by atoms with van der Waals surface area (Å²) in [5.41, 5.74) is 2.60. The predicted molar refractivity (Wildman–Crippen MR) is 141 cm³/mol. The predicted octanol–water partition coefficient (Wildman–Crippen LogP) is 4.03. The molecular formula is C27H34N6O3. The molecule has 0 aliphatic rings. The summed E-state index contributed by atoms with van der Waals surface area (Å²) in [6.45, 7) is 9.82. The van der Waals surface area contributed by atoms with Gasteiger partial charge < -0.3 is 20.3 Å². The average molecular weight is 491 g/mol. The van der Waals surface area contributed by atoms with E-state index in [0.717, 1.165) is 35.6 Å². The van der Waals surface area contributed by atoms with Crippen LogP contribution in [0.5, 0.6) is 5.75 Å². The molecule has 0 saturated carbocycles. The topological polar surface area (TPSA) is 109 Å². The number of rotatable bonds is 12. The summed E-state index contributed by atoms with van der Waals surface area (Å²) in [5.74, 6) is 1.84. The van der Waals surface area contributed by atoms with E-state index in [0.29, 0.717) is 31.2 Å². The molecule has 0 aliphatic heterocycles. The summed E-state index contributed by atoms with van der Waals surface area (Å²) >= 11 is 0. The molecule has 0 fully saturated rings. The third-order valence-corrected chi connectivity index (χ3v) is 5.58. The molecule has 9 nitrogen and oxygen atoms in total. The van der Waals surface area contributed by atoms with Crippen LogP contribution in [0.4, 0.5) is 11.6 Å². The zero-order chi connectivity index (χ0) is 25.9. The smallest absolute Gasteiger partial charge is 0.308 e. The first-order valence-electron chi connectivity index (χ1n) is 12.2. The lowest BCUT2D eigenvalue weighted by Crippen LogP contribution is -2.34. The zero-order valence-electron chi connectivity index (χ0n) is 21.3. The van der Waals surface area contributed by atoms with E-state index in [9.17, 15) is 9.59 Å². The van der Waals surface area contributed by atoms with Crippen LogP contribution < -0.4 is 20.3 Å². The number of aromatic nitrogens is 3. The van der Waals surface area contributed by atoms with Gasteiger partial charge in [0.2, 0.25) is 5.91 Å². The van der Waals surface area contributed by atoms with Crippen molar-refractivity contribution in [3.8, 4) is 17.0 Å². The Morgan fingerprint density at radius 2 is 1.86 bits per heavy atom. The van der Waals surface area contributed by atoms with E-state index < -0.39 is 0 Å². The molecule has 1 amide bonds. The van der Waals surface area contributed by atoms with Crippen molar-refractivity contribution in [1.29, 1.82) is 0 Å². The summed E-state index contributed by atoms with van der Waals surface area (Å²) in [6, 6.07) is 13.4. The van der Waals surface area contributed by atoms with Crippen LogP contribution in [-0.2, 0) is 9.59 Å². The summed E-state index contributed by atoms with van der Waals surface area (Å²) < 4.78 is 5.35. The lowest BCUT2D eigenvalue weighted by Gasteiger charge is -2.23. The number of esters is 1. The molecule has 3 rings (SSSR count). The Hall–Kier alpha value is -4.01. The first kappa shape index (κ1) is 26.6. The van der Waals surface area contributed by atoms with Crippen molar-refractivity contribution >= 4 is 23.5 Å². The van der Waals surface area contributed by atoms with E-state index in [1.165, 1.54) is 20.2 Å². The van der Waals surface area contributed by atoms with Crippen molar-refractivity contribution in [3.05, 3.63) is 60.6 Å². The molecule has 0 spiro atoms. The van der Waals surface area contributed by atoms with Crippen LogP contribution in [0.25, 0.3) is 11.3 Å². The number of pyridine rings is 1. The first-order chi connectivity index (χ1) is 17.4. The molecule has 9 heteroatoms. The molecule has 1 aromatic carbocycles. The van der Waals surface area contributed by atoms with Crippen molar-refractivity contribution in [2.75, 3.05) is 36.4 Å². The van der Waals surface area contributed by atoms with Gasteiger partial charge in [0, 0.05) is 63.8 Å². The largest absolute Gasteiger partial charge is 0.426 e. The Labute approximate surface area is 212 Å². The molecule has 190 valence electrons. The molecule has 2 N–H and O–H groups in total. The summed E-state index contributed by atoms with van der Waals surface area (Å²) in [7, 11) is 0. The van der Waals surface area contributed by atoms with Gasteiger partial charge in [0.25, 0.3) is 0 Å². The highest BCUT2D eigenvalue weighted by Crippen LogP contribution is 2.27. The highest BCUT2D eigenvalue weighted by atomic mass is 16.5. The monoisotopic (exact) mass is 490 g/mol. The second kappa shape index (κ2) is 13.2. The van der Waals surface area contributed by atoms with Crippen molar-refractivity contribution < 1.29 is 14.3 Å². The lowest BCUT2D eigenvalue weighted by atomic mass is 10.00. The maximum Gasteiger partial charge on any atom is 0.308 e. The lowest BCUT2D eigenvalue weighted by molar-refractivity contribution is -0.132. The SMILES string of the molecule is CCCN(CCNC(C)=O)c1ccc(-c2cc(NCC(C)c3ccccc3OC(C)=O)ncn2)cn1. The van der Waals surface area contributed by atoms with E-state index in [4.69, 9.17) is 4.74 Å². The van der Waals surface area contributed by atoms with Gasteiger partial charge in [-0.25, -0.2) is 15.0 Å². The third kappa shape index (κ3) is 7.76. The minimum atomic E-state index is -0.340. The number of hydrogen-bond acceptors (Lipinski definition) is 8. The van der Waals surface area contributed by atoms with Gasteiger partial charge in [-0.3, -0.25) is 9.59 Å². The van der Waals surface area contributed by atoms with Crippen molar-refractivity contribution in [3.63, 3.8) is 0 Å². The van der Waals surface area contributed by atoms with Crippen LogP contribution in [0.2, 0.25) is 0 Å². The van der Waals surface area contributed by atoms with Crippen LogP contribution in [0.15, 0.2) is 55.0 Å². The number of hydrogen-bond donors (Lipinski definition) is 2. The second-order valence-electron chi connectivity index (χ2n) is 8.58. The van der Waals surface area contributed by atoms with Gasteiger partial charge in [0.15, 0.2) is 0 Å². The number of amides is 1. The second-order valence-corrected chi connectivity index (χ2v) is 8.58. The Kier molecular flexibility index (Phi) is 9.73. The average Bonchev–Trinajstić information content (AvgIpc) is 2.87. The Bertz CT molecular complexity index is 1150. The summed E-state index contributed by atoms with van der Waals surface area (Å²) in [5, 5.41) is 6.19. The Balaban J connectivity index is 1.66. The number of benzene rings is 1. The Morgan fingerprint density at radius 3 is 2.56 bits per heavy atom. The van der Waals surface area contributed by atoms with E-state index in [1.54, 1.807) is 12.3 Å². The highest BCUT2D eigenvalue weighted by Gasteiger charge is 2.14. The van der Waals surface area contributed by atoms with Crippen molar-refractivity contribution in [2.45, 2.75) is 40.0 Å². The number of anilines is 2. The van der Waals surface area contributed by atoms with Crippen LogP contribution >= 0.6 is 0 Å². The van der Waals surface area contributed by atoms with Gasteiger partial charge in [-0.15, -0.1) is 0 Å². The van der Waals surface area contributed by atoms with Crippen molar-refractivity contribution in [2.24, 2.45) is 0 Å². The Morgan fingerprint density at radius 1 is 1.06 bits per heavy atom. The molecule has 0 saturated heterocycles. The van der Waals surface area contributed by atoms with Crippen LogP contribution in [0.1, 0.15) is 45.6 Å². The molecule has 3 aromatic rings. The highest BCUT2D eigenvalue weighted by molar-refractivity contribution is 5.72. The molecule has 1 unspecified atom stereocenters. The molecule has 2 heterocycles. The van der Waals surface area contributed by atoms with Crippen molar-refractivity contribution in [1.82, 2.24) is 20.3 Å². The van der Waals surface area contributed by atoms with Crippen LogP contribution in [0, 0.1) is 0 Å². The van der Waals surface area contributed by atoms with E-state index in [1.807, 2.05) is 36.4 Å². The number of nitrogens with zero attached hydrogens (tertiary/aromatic N) is 4. The maximum absolute atomic E-state index is 11.4. The first-order valence-corrected chi connectivity index (χ1v) is 12.2. The van der Waals surface area contributed by atoms with Gasteiger partial charge in [0.05, 0.1) is 5.69 Å². The summed E-state index contributed by atoms with van der Waals surface area (Å²) in [6.07, 6.45) is 4.31. The molecular weight excluding hydrogens is 456 g/mol. The minimum Gasteiger partial charge on any atom is -0.426 e. The van der Waals surface area contributed by atoms with Gasteiger partial charge in [-0.05, 0) is 30.2 Å². The molecule has 36 heavy (non-hydrogen) atoms. The molecule has 1 atom stereocenters. The summed E-state index contributed by atoms with van der Waals surface area (Å²) in [4.78, 5) is 38.2. The van der Waals surface area contributed by atoms with Crippen LogP contribution in [0.3, 0.4) is 0 Å². The number of nitrogens with one attached hydrogen (secondary N) is 2. The zero-order valence-corrected chi connectivity index (χ0v) is 21.3. The van der Waals surface area contributed by atoms with Gasteiger partial charge in [-0.1, -0.05) is 32.0 Å². The van der Waals surface area contributed by atoms with Gasteiger partial charge in [-0.2, -0.15) is 0 Å². The standard InChI is InChI=1S/C27H34N6O3/c1-5-13-33(14-12-28-20(3)34)27-11-10-22(17-30-27)24-15-26(32-18-31-24)29-16-19(2)23-8-6-7-9-25(23)36-21(4)35/h6-11,15,17-19H,5,12-14,16H2,1-4H3,(H,28,34)(H,29,31,32). The molecule has 0 radical (unpaired) electrons. The normalized spacial score (nSPS) is 11.4. The number of para-hydroxylation sites is 1. The fourth-order valence-electron chi connectivity index (χ4n) is 3.82. The fraction of sp³-hybridized carbons (Fsp3) is 0.370. The molecule has 0 bridgehead atoms. The number of carbonyl (C=O) groups is 2. The minimum absolute atomic E-state index is 0.0362. The fourth-order valence-corrected chi connectivity index (χ4v) is 3.82. The van der Waals surface area contributed by atoms with Gasteiger partial charge >= 0.3 is 5.97 Å². The van der Waals surface area contributed by atoms with Gasteiger partial charge in [0.1, 0.15) is 23.7 Å². The third-order valence-electron chi connectivity index (χ3n) is 5.58. The molecule has 0 aliphatic carbocycles. The van der Waals surface area contributed by atoms with E-state index in [-0.39, 0.29) is 17.8 Å². The van der Waals surface area contributed by atoms with E-state index >= 15 is 0 Å².